The van der Waals surface area contributed by atoms with Crippen LogP contribution in [0.25, 0.3) is 0 Å². The molecular weight excluding hydrogens is 233 g/mol. The van der Waals surface area contributed by atoms with Crippen LogP contribution in [0.3, 0.4) is 0 Å². The van der Waals surface area contributed by atoms with E-state index in [-0.39, 0.29) is 5.38 Å². The normalized spacial score (nSPS) is 26.5. The fraction of sp³-hybridized carbons (Fsp3) is 0.545. The molecule has 0 aromatic carbocycles. The van der Waals surface area contributed by atoms with Gasteiger partial charge in [-0.15, -0.1) is 11.6 Å². The van der Waals surface area contributed by atoms with Gasteiger partial charge in [0.2, 0.25) is 0 Å². The highest BCUT2D eigenvalue weighted by Crippen LogP contribution is 2.26. The van der Waals surface area contributed by atoms with Crippen LogP contribution in [-0.2, 0) is 11.2 Å². The van der Waals surface area contributed by atoms with Gasteiger partial charge in [0, 0.05) is 30.3 Å². The van der Waals surface area contributed by atoms with Crippen LogP contribution in [0, 0.1) is 5.92 Å². The monoisotopic (exact) mass is 245 g/mol. The fourth-order valence-electron chi connectivity index (χ4n) is 1.81. The molecule has 1 aliphatic rings. The van der Waals surface area contributed by atoms with Crippen LogP contribution in [0.15, 0.2) is 18.5 Å². The number of nitrogens with zero attached hydrogens (tertiary/aromatic N) is 1. The van der Waals surface area contributed by atoms with E-state index < -0.39 is 0 Å². The summed E-state index contributed by atoms with van der Waals surface area (Å²) in [6, 6.07) is 1.94. The van der Waals surface area contributed by atoms with Gasteiger partial charge in [-0.05, 0) is 24.5 Å². The number of pyridine rings is 1. The molecule has 1 aromatic heterocycles. The van der Waals surface area contributed by atoms with E-state index in [1.165, 1.54) is 0 Å². The quantitative estimate of drug-likeness (QED) is 0.748. The van der Waals surface area contributed by atoms with E-state index >= 15 is 0 Å². The van der Waals surface area contributed by atoms with Gasteiger partial charge in [0.1, 0.15) is 0 Å². The first kappa shape index (κ1) is 11.2. The lowest BCUT2D eigenvalue weighted by Gasteiger charge is -2.27. The van der Waals surface area contributed by atoms with Gasteiger partial charge in [0.15, 0.2) is 0 Å². The highest BCUT2D eigenvalue weighted by molar-refractivity contribution is 6.31. The van der Waals surface area contributed by atoms with Crippen molar-refractivity contribution >= 4 is 23.2 Å². The zero-order valence-electron chi connectivity index (χ0n) is 8.33. The maximum absolute atomic E-state index is 6.25. The molecule has 2 atom stereocenters. The summed E-state index contributed by atoms with van der Waals surface area (Å²) < 4.78 is 5.42. The van der Waals surface area contributed by atoms with Gasteiger partial charge in [-0.1, -0.05) is 11.6 Å². The zero-order chi connectivity index (χ0) is 10.7. The van der Waals surface area contributed by atoms with Gasteiger partial charge in [-0.2, -0.15) is 0 Å². The van der Waals surface area contributed by atoms with E-state index in [0.717, 1.165) is 31.6 Å². The van der Waals surface area contributed by atoms with Gasteiger partial charge in [0.25, 0.3) is 0 Å². The number of hydrogen-bond donors (Lipinski definition) is 0. The Kier molecular flexibility index (Phi) is 3.84. The minimum absolute atomic E-state index is 0.197. The second-order valence-electron chi connectivity index (χ2n) is 3.81. The minimum atomic E-state index is 0.197. The third-order valence-corrected chi connectivity index (χ3v) is 3.63. The van der Waals surface area contributed by atoms with Crippen LogP contribution in [0.5, 0.6) is 0 Å². The molecule has 2 nitrogen and oxygen atoms in total. The lowest BCUT2D eigenvalue weighted by atomic mass is 9.94. The van der Waals surface area contributed by atoms with Crippen molar-refractivity contribution in [2.75, 3.05) is 13.2 Å². The average molecular weight is 246 g/mol. The molecule has 0 radical (unpaired) electrons. The highest BCUT2D eigenvalue weighted by atomic mass is 35.5. The van der Waals surface area contributed by atoms with Crippen LogP contribution < -0.4 is 0 Å². The SMILES string of the molecule is Clc1cnccc1CC1COCCC1Cl. The first-order valence-electron chi connectivity index (χ1n) is 5.07. The van der Waals surface area contributed by atoms with E-state index in [0.29, 0.717) is 10.9 Å². The van der Waals surface area contributed by atoms with Gasteiger partial charge in [-0.25, -0.2) is 0 Å². The average Bonchev–Trinajstić information content (AvgIpc) is 2.24. The second kappa shape index (κ2) is 5.15. The first-order chi connectivity index (χ1) is 7.27. The Morgan fingerprint density at radius 2 is 2.40 bits per heavy atom. The molecule has 0 N–H and O–H groups in total. The fourth-order valence-corrected chi connectivity index (χ4v) is 2.26. The molecule has 0 amide bonds. The Morgan fingerprint density at radius 1 is 1.53 bits per heavy atom. The van der Waals surface area contributed by atoms with Crippen molar-refractivity contribution in [3.05, 3.63) is 29.0 Å². The van der Waals surface area contributed by atoms with Crippen molar-refractivity contribution in [3.63, 3.8) is 0 Å². The number of rotatable bonds is 2. The van der Waals surface area contributed by atoms with Gasteiger partial charge >= 0.3 is 0 Å². The molecule has 1 aromatic rings. The van der Waals surface area contributed by atoms with Crippen molar-refractivity contribution < 1.29 is 4.74 Å². The molecule has 2 rings (SSSR count). The molecule has 0 saturated carbocycles. The second-order valence-corrected chi connectivity index (χ2v) is 4.78. The molecular formula is C11H13Cl2NO. The Hall–Kier alpha value is -0.310. The van der Waals surface area contributed by atoms with Gasteiger partial charge in [0.05, 0.1) is 11.6 Å². The third-order valence-electron chi connectivity index (χ3n) is 2.72. The molecule has 1 fully saturated rings. The first-order valence-corrected chi connectivity index (χ1v) is 5.89. The summed E-state index contributed by atoms with van der Waals surface area (Å²) in [5, 5.41) is 0.912. The molecule has 0 spiro atoms. The molecule has 2 heterocycles. The molecule has 15 heavy (non-hydrogen) atoms. The summed E-state index contributed by atoms with van der Waals surface area (Å²) in [6.07, 6.45) is 5.22. The van der Waals surface area contributed by atoms with E-state index in [1.54, 1.807) is 12.4 Å². The standard InChI is InChI=1S/C11H13Cl2NO/c12-10-2-4-15-7-9(10)5-8-1-3-14-6-11(8)13/h1,3,6,9-10H,2,4-5,7H2. The van der Waals surface area contributed by atoms with Crippen molar-refractivity contribution in [1.29, 1.82) is 0 Å². The number of aromatic nitrogens is 1. The Balaban J connectivity index is 2.04. The van der Waals surface area contributed by atoms with Crippen molar-refractivity contribution in [1.82, 2.24) is 4.98 Å². The Morgan fingerprint density at radius 3 is 3.13 bits per heavy atom. The molecule has 1 saturated heterocycles. The molecule has 2 unspecified atom stereocenters. The summed E-state index contributed by atoms with van der Waals surface area (Å²) in [5.41, 5.74) is 1.10. The number of alkyl halides is 1. The van der Waals surface area contributed by atoms with Crippen LogP contribution >= 0.6 is 23.2 Å². The van der Waals surface area contributed by atoms with Crippen molar-refractivity contribution in [2.45, 2.75) is 18.2 Å². The maximum atomic E-state index is 6.25. The van der Waals surface area contributed by atoms with E-state index in [4.69, 9.17) is 27.9 Å². The number of halogens is 2. The topological polar surface area (TPSA) is 22.1 Å². The van der Waals surface area contributed by atoms with E-state index in [1.807, 2.05) is 6.07 Å². The predicted molar refractivity (Wildman–Crippen MR) is 61.5 cm³/mol. The molecule has 4 heteroatoms. The third kappa shape index (κ3) is 2.83. The predicted octanol–water partition coefficient (Wildman–Crippen LogP) is 2.92. The van der Waals surface area contributed by atoms with Crippen LogP contribution in [-0.4, -0.2) is 23.6 Å². The molecule has 0 aliphatic carbocycles. The largest absolute Gasteiger partial charge is 0.381 e. The number of hydrogen-bond acceptors (Lipinski definition) is 2. The lowest BCUT2D eigenvalue weighted by molar-refractivity contribution is 0.0578. The summed E-state index contributed by atoms with van der Waals surface area (Å²) in [5.74, 6) is 0.361. The molecule has 82 valence electrons. The van der Waals surface area contributed by atoms with Gasteiger partial charge in [-0.3, -0.25) is 4.98 Å². The summed E-state index contributed by atoms with van der Waals surface area (Å²) >= 11 is 12.3. The summed E-state index contributed by atoms with van der Waals surface area (Å²) in [6.45, 7) is 1.50. The van der Waals surface area contributed by atoms with Crippen molar-refractivity contribution in [2.24, 2.45) is 5.92 Å². The lowest BCUT2D eigenvalue weighted by Crippen LogP contribution is -2.29. The highest BCUT2D eigenvalue weighted by Gasteiger charge is 2.24. The maximum Gasteiger partial charge on any atom is 0.0621 e. The molecule has 0 bridgehead atoms. The van der Waals surface area contributed by atoms with Gasteiger partial charge < -0.3 is 4.74 Å². The zero-order valence-corrected chi connectivity index (χ0v) is 9.84. The van der Waals surface area contributed by atoms with Crippen LogP contribution in [0.2, 0.25) is 5.02 Å². The minimum Gasteiger partial charge on any atom is -0.381 e. The van der Waals surface area contributed by atoms with Crippen LogP contribution in [0.4, 0.5) is 0 Å². The van der Waals surface area contributed by atoms with E-state index in [2.05, 4.69) is 4.98 Å². The smallest absolute Gasteiger partial charge is 0.0621 e. The Labute approximate surface area is 99.6 Å². The summed E-state index contributed by atoms with van der Waals surface area (Å²) in [7, 11) is 0. The Bertz CT molecular complexity index is 332. The van der Waals surface area contributed by atoms with Crippen LogP contribution in [0.1, 0.15) is 12.0 Å². The van der Waals surface area contributed by atoms with Crippen molar-refractivity contribution in [3.8, 4) is 0 Å². The van der Waals surface area contributed by atoms with E-state index in [9.17, 15) is 0 Å². The summed E-state index contributed by atoms with van der Waals surface area (Å²) in [4.78, 5) is 3.96. The number of ether oxygens (including phenoxy) is 1. The molecule has 1 aliphatic heterocycles.